The summed E-state index contributed by atoms with van der Waals surface area (Å²) in [5.74, 6) is -0.812. The minimum atomic E-state index is -0.849. The van der Waals surface area contributed by atoms with Crippen LogP contribution in [0.25, 0.3) is 0 Å². The van der Waals surface area contributed by atoms with Crippen molar-refractivity contribution >= 4 is 17.7 Å². The molecule has 1 atom stereocenters. The fraction of sp³-hybridized carbons (Fsp3) is 0.500. The molecule has 1 aliphatic rings. The molecule has 0 radical (unpaired) electrons. The molecule has 1 fully saturated rings. The molecule has 0 saturated carbocycles. The van der Waals surface area contributed by atoms with E-state index < -0.39 is 11.9 Å². The smallest absolute Gasteiger partial charge is 0.318 e. The molecule has 2 rings (SSSR count). The Hall–Kier alpha value is -2.37. The van der Waals surface area contributed by atoms with E-state index in [0.29, 0.717) is 26.0 Å². The Morgan fingerprint density at radius 3 is 2.58 bits per heavy atom. The van der Waals surface area contributed by atoms with E-state index in [9.17, 15) is 14.4 Å². The molecule has 0 aliphatic carbocycles. The molecule has 1 unspecified atom stereocenters. The number of rotatable bonds is 6. The van der Waals surface area contributed by atoms with Gasteiger partial charge in [-0.2, -0.15) is 0 Å². The van der Waals surface area contributed by atoms with E-state index >= 15 is 0 Å². The molecule has 6 heteroatoms. The fourth-order valence-corrected chi connectivity index (χ4v) is 2.74. The Morgan fingerprint density at radius 1 is 1.25 bits per heavy atom. The van der Waals surface area contributed by atoms with Crippen LogP contribution in [0.3, 0.4) is 0 Å². The number of carbonyl (C=O) groups excluding carboxylic acids is 3. The maximum atomic E-state index is 12.3. The van der Waals surface area contributed by atoms with Gasteiger partial charge in [0.15, 0.2) is 5.78 Å². The number of aryl methyl sites for hydroxylation is 1. The third kappa shape index (κ3) is 4.57. The summed E-state index contributed by atoms with van der Waals surface area (Å²) in [5.41, 5.74) is 1.05. The Bertz CT molecular complexity index is 588. The number of methoxy groups -OCH3 is 1. The first-order valence-corrected chi connectivity index (χ1v) is 8.15. The Labute approximate surface area is 141 Å². The van der Waals surface area contributed by atoms with Crippen molar-refractivity contribution in [2.75, 3.05) is 26.8 Å². The third-order valence-electron chi connectivity index (χ3n) is 4.12. The summed E-state index contributed by atoms with van der Waals surface area (Å²) in [7, 11) is 1.25. The van der Waals surface area contributed by atoms with Gasteiger partial charge in [-0.15, -0.1) is 0 Å². The number of esters is 1. The van der Waals surface area contributed by atoms with Gasteiger partial charge in [0.25, 0.3) is 0 Å². The van der Waals surface area contributed by atoms with Gasteiger partial charge in [-0.25, -0.2) is 0 Å². The largest absolute Gasteiger partial charge is 0.494 e. The Morgan fingerprint density at radius 2 is 1.96 bits per heavy atom. The number of piperidine rings is 1. The van der Waals surface area contributed by atoms with Crippen molar-refractivity contribution in [3.8, 4) is 5.75 Å². The van der Waals surface area contributed by atoms with Crippen LogP contribution in [0.2, 0.25) is 0 Å². The van der Waals surface area contributed by atoms with Crippen LogP contribution in [-0.2, 0) is 25.5 Å². The summed E-state index contributed by atoms with van der Waals surface area (Å²) < 4.78 is 10.0. The van der Waals surface area contributed by atoms with E-state index in [-0.39, 0.29) is 24.7 Å². The molecule has 1 aromatic carbocycles. The highest BCUT2D eigenvalue weighted by Crippen LogP contribution is 2.17. The average molecular weight is 333 g/mol. The molecule has 1 aliphatic heterocycles. The third-order valence-corrected chi connectivity index (χ3v) is 4.12. The van der Waals surface area contributed by atoms with Crippen molar-refractivity contribution in [1.29, 1.82) is 0 Å². The number of benzene rings is 1. The SMILES string of the molecule is CCOc1ccc(CCC(=O)N2CCC(=O)C(C(=O)OC)C2)cc1. The minimum absolute atomic E-state index is 0.0507. The highest BCUT2D eigenvalue weighted by Gasteiger charge is 2.35. The maximum absolute atomic E-state index is 12.3. The summed E-state index contributed by atoms with van der Waals surface area (Å²) in [6, 6.07) is 7.65. The first kappa shape index (κ1) is 18.0. The van der Waals surface area contributed by atoms with Crippen molar-refractivity contribution in [3.63, 3.8) is 0 Å². The molecule has 24 heavy (non-hydrogen) atoms. The van der Waals surface area contributed by atoms with E-state index in [4.69, 9.17) is 4.74 Å². The van der Waals surface area contributed by atoms with Crippen LogP contribution in [0.4, 0.5) is 0 Å². The molecular weight excluding hydrogens is 310 g/mol. The first-order valence-electron chi connectivity index (χ1n) is 8.15. The molecule has 1 amide bonds. The lowest BCUT2D eigenvalue weighted by atomic mass is 9.96. The van der Waals surface area contributed by atoms with Gasteiger partial charge in [0.2, 0.25) is 5.91 Å². The maximum Gasteiger partial charge on any atom is 0.318 e. The molecule has 0 aromatic heterocycles. The molecule has 130 valence electrons. The summed E-state index contributed by atoms with van der Waals surface area (Å²) in [5, 5.41) is 0. The lowest BCUT2D eigenvalue weighted by Crippen LogP contribution is -2.47. The second-order valence-electron chi connectivity index (χ2n) is 5.71. The number of ether oxygens (including phenoxy) is 2. The van der Waals surface area contributed by atoms with Crippen molar-refractivity contribution in [2.45, 2.75) is 26.2 Å². The van der Waals surface area contributed by atoms with Gasteiger partial charge in [0, 0.05) is 25.9 Å². The van der Waals surface area contributed by atoms with Crippen molar-refractivity contribution in [1.82, 2.24) is 4.90 Å². The average Bonchev–Trinajstić information content (AvgIpc) is 2.61. The summed E-state index contributed by atoms with van der Waals surface area (Å²) >= 11 is 0. The fourth-order valence-electron chi connectivity index (χ4n) is 2.74. The quantitative estimate of drug-likeness (QED) is 0.584. The van der Waals surface area contributed by atoms with Crippen LogP contribution >= 0.6 is 0 Å². The monoisotopic (exact) mass is 333 g/mol. The number of hydrogen-bond donors (Lipinski definition) is 0. The number of nitrogens with zero attached hydrogens (tertiary/aromatic N) is 1. The van der Waals surface area contributed by atoms with Crippen LogP contribution in [0, 0.1) is 5.92 Å². The van der Waals surface area contributed by atoms with Crippen LogP contribution in [0.1, 0.15) is 25.3 Å². The highest BCUT2D eigenvalue weighted by molar-refractivity contribution is 6.00. The normalized spacial score (nSPS) is 17.5. The lowest BCUT2D eigenvalue weighted by Gasteiger charge is -2.30. The van der Waals surface area contributed by atoms with Crippen LogP contribution in [-0.4, -0.2) is 49.4 Å². The Balaban J connectivity index is 1.87. The summed E-state index contributed by atoms with van der Waals surface area (Å²) in [4.78, 5) is 37.3. The molecule has 1 heterocycles. The van der Waals surface area contributed by atoms with E-state index in [1.54, 1.807) is 4.90 Å². The van der Waals surface area contributed by atoms with Crippen LogP contribution < -0.4 is 4.74 Å². The van der Waals surface area contributed by atoms with Gasteiger partial charge in [-0.1, -0.05) is 12.1 Å². The zero-order valence-electron chi connectivity index (χ0n) is 14.1. The van der Waals surface area contributed by atoms with Gasteiger partial charge in [0.1, 0.15) is 11.7 Å². The molecule has 6 nitrogen and oxygen atoms in total. The van der Waals surface area contributed by atoms with E-state index in [2.05, 4.69) is 4.74 Å². The predicted octanol–water partition coefficient (Wildman–Crippen LogP) is 1.61. The van der Waals surface area contributed by atoms with Gasteiger partial charge in [-0.05, 0) is 31.0 Å². The molecule has 0 spiro atoms. The number of hydrogen-bond acceptors (Lipinski definition) is 5. The van der Waals surface area contributed by atoms with Gasteiger partial charge < -0.3 is 14.4 Å². The number of amides is 1. The first-order chi connectivity index (χ1) is 11.5. The van der Waals surface area contributed by atoms with Gasteiger partial charge >= 0.3 is 5.97 Å². The van der Waals surface area contributed by atoms with Gasteiger partial charge in [-0.3, -0.25) is 14.4 Å². The topological polar surface area (TPSA) is 72.9 Å². The van der Waals surface area contributed by atoms with Crippen molar-refractivity contribution < 1.29 is 23.9 Å². The van der Waals surface area contributed by atoms with Crippen molar-refractivity contribution in [3.05, 3.63) is 29.8 Å². The summed E-state index contributed by atoms with van der Waals surface area (Å²) in [6.07, 6.45) is 1.16. The zero-order chi connectivity index (χ0) is 17.5. The number of Topliss-reactive ketones (excluding diaryl/α,β-unsaturated/α-hetero) is 1. The standard InChI is InChI=1S/C18H23NO5/c1-3-24-14-7-4-13(5-8-14)6-9-17(21)19-11-10-16(20)15(12-19)18(22)23-2/h4-5,7-8,15H,3,6,9-12H2,1-2H3. The molecule has 0 N–H and O–H groups in total. The number of ketones is 1. The molecule has 1 aromatic rings. The van der Waals surface area contributed by atoms with Crippen LogP contribution in [0.15, 0.2) is 24.3 Å². The predicted molar refractivity (Wildman–Crippen MR) is 87.6 cm³/mol. The number of carbonyl (C=O) groups is 3. The Kier molecular flexibility index (Phi) is 6.35. The summed E-state index contributed by atoms with van der Waals surface area (Å²) in [6.45, 7) is 3.03. The van der Waals surface area contributed by atoms with E-state index in [1.165, 1.54) is 7.11 Å². The minimum Gasteiger partial charge on any atom is -0.494 e. The van der Waals surface area contributed by atoms with E-state index in [0.717, 1.165) is 11.3 Å². The second kappa shape index (κ2) is 8.47. The second-order valence-corrected chi connectivity index (χ2v) is 5.71. The zero-order valence-corrected chi connectivity index (χ0v) is 14.1. The molecular formula is C18H23NO5. The highest BCUT2D eigenvalue weighted by atomic mass is 16.5. The molecule has 1 saturated heterocycles. The van der Waals surface area contributed by atoms with Gasteiger partial charge in [0.05, 0.1) is 13.7 Å². The van der Waals surface area contributed by atoms with Crippen molar-refractivity contribution in [2.24, 2.45) is 5.92 Å². The lowest BCUT2D eigenvalue weighted by molar-refractivity contribution is -0.153. The van der Waals surface area contributed by atoms with Crippen LogP contribution in [0.5, 0.6) is 5.75 Å². The van der Waals surface area contributed by atoms with E-state index in [1.807, 2.05) is 31.2 Å². The number of likely N-dealkylation sites (tertiary alicyclic amines) is 1. The molecule has 0 bridgehead atoms.